The van der Waals surface area contributed by atoms with Gasteiger partial charge >= 0.3 is 37.9 Å². The fourth-order valence-electron chi connectivity index (χ4n) is 2.83. The number of hydrogen-bond donors (Lipinski definition) is 0. The van der Waals surface area contributed by atoms with E-state index in [1.807, 2.05) is 30.3 Å². The molecule has 0 bridgehead atoms. The molecule has 3 rings (SSSR count). The minimum absolute atomic E-state index is 0.826. The van der Waals surface area contributed by atoms with Crippen molar-refractivity contribution in [2.24, 2.45) is 0 Å². The summed E-state index contributed by atoms with van der Waals surface area (Å²) in [5, 5.41) is 0. The number of aryl methyl sites for hydroxylation is 1. The van der Waals surface area contributed by atoms with E-state index in [-0.39, 0.29) is 0 Å². The Labute approximate surface area is 166 Å². The Hall–Kier alpha value is 0.223. The maximum atomic E-state index is 6.71. The van der Waals surface area contributed by atoms with Crippen molar-refractivity contribution in [1.29, 1.82) is 0 Å². The summed E-state index contributed by atoms with van der Waals surface area (Å²) < 4.78 is -1.01. The zero-order chi connectivity index (χ0) is 17.0. The zero-order valence-electron chi connectivity index (χ0n) is 12.8. The van der Waals surface area contributed by atoms with Crippen LogP contribution in [0.2, 0.25) is 0 Å². The molecule has 0 heterocycles. The molecule has 0 aromatic heterocycles. The molecule has 120 valence electrons. The van der Waals surface area contributed by atoms with Crippen molar-refractivity contribution in [2.45, 2.75) is 24.6 Å². The van der Waals surface area contributed by atoms with Crippen molar-refractivity contribution in [3.63, 3.8) is 0 Å². The molecule has 2 aromatic rings. The van der Waals surface area contributed by atoms with Crippen LogP contribution in [0.4, 0.5) is 0 Å². The summed E-state index contributed by atoms with van der Waals surface area (Å²) in [5.74, 6) is 0. The first-order valence-corrected chi connectivity index (χ1v) is 14.2. The van der Waals surface area contributed by atoms with E-state index in [2.05, 4.69) is 32.1 Å². The van der Waals surface area contributed by atoms with Crippen LogP contribution in [0.25, 0.3) is 6.08 Å². The van der Waals surface area contributed by atoms with Crippen molar-refractivity contribution in [2.75, 3.05) is 0 Å². The van der Waals surface area contributed by atoms with Gasteiger partial charge in [0.05, 0.1) is 0 Å². The van der Waals surface area contributed by atoms with Gasteiger partial charge in [-0.05, 0) is 48.1 Å². The summed E-state index contributed by atoms with van der Waals surface area (Å²) in [5.41, 5.74) is 7.08. The van der Waals surface area contributed by atoms with Gasteiger partial charge in [-0.2, -0.15) is 0 Å². The summed E-state index contributed by atoms with van der Waals surface area (Å²) >= 11 is 12.6. The average Bonchev–Trinajstić information content (AvgIpc) is 2.91. The van der Waals surface area contributed by atoms with Gasteiger partial charge in [0.15, 0.2) is 4.33 Å². The van der Waals surface area contributed by atoms with Crippen LogP contribution >= 0.6 is 40.2 Å². The Bertz CT molecular complexity index is 708. The fraction of sp³-hybridized carbons (Fsp3) is 0.222. The first-order valence-electron chi connectivity index (χ1n) is 7.11. The Morgan fingerprint density at radius 3 is 2.17 bits per heavy atom. The van der Waals surface area contributed by atoms with Gasteiger partial charge in [-0.1, -0.05) is 77.3 Å². The molecular weight excluding hydrogens is 449 g/mol. The van der Waals surface area contributed by atoms with Gasteiger partial charge in [0.25, 0.3) is 0 Å². The summed E-state index contributed by atoms with van der Waals surface area (Å²) in [7, 11) is 9.87. The van der Waals surface area contributed by atoms with E-state index < -0.39 is 25.2 Å². The molecule has 0 nitrogen and oxygen atoms in total. The topological polar surface area (TPSA) is 0 Å². The Morgan fingerprint density at radius 2 is 1.57 bits per heavy atom. The quantitative estimate of drug-likeness (QED) is 0.419. The minimum atomic E-state index is -1.01. The summed E-state index contributed by atoms with van der Waals surface area (Å²) in [6.45, 7) is 4.29. The van der Waals surface area contributed by atoms with Crippen LogP contribution < -0.4 is 0 Å². The van der Waals surface area contributed by atoms with E-state index >= 15 is 0 Å². The van der Waals surface area contributed by atoms with Crippen molar-refractivity contribution in [3.8, 4) is 0 Å². The van der Waals surface area contributed by atoms with Crippen LogP contribution in [0.15, 0.2) is 48.0 Å². The summed E-state index contributed by atoms with van der Waals surface area (Å²) in [4.78, 5) is 0. The molecule has 23 heavy (non-hydrogen) atoms. The van der Waals surface area contributed by atoms with Crippen molar-refractivity contribution in [1.82, 2.24) is 0 Å². The molecule has 0 N–H and O–H groups in total. The van der Waals surface area contributed by atoms with Crippen LogP contribution in [-0.2, 0) is 31.6 Å². The van der Waals surface area contributed by atoms with Crippen LogP contribution in [0, 0.1) is 6.92 Å². The third kappa shape index (κ3) is 4.44. The number of rotatable bonds is 2. The summed E-state index contributed by atoms with van der Waals surface area (Å²) in [6, 6.07) is 14.0. The Balaban J connectivity index is 0.000000595. The molecule has 0 aliphatic heterocycles. The normalized spacial score (nSPS) is 12.9. The van der Waals surface area contributed by atoms with E-state index in [0.717, 1.165) is 17.5 Å². The van der Waals surface area contributed by atoms with Gasteiger partial charge in [-0.3, -0.25) is 0 Å². The molecule has 0 atom stereocenters. The van der Waals surface area contributed by atoms with Crippen molar-refractivity contribution < 1.29 is 20.8 Å². The second-order valence-electron chi connectivity index (χ2n) is 5.50. The molecule has 0 spiro atoms. The predicted octanol–water partition coefficient (Wildman–Crippen LogP) is 7.01. The van der Waals surface area contributed by atoms with Crippen molar-refractivity contribution in [3.05, 3.63) is 75.9 Å². The molecule has 0 unspecified atom stereocenters. The Kier molecular flexibility index (Phi) is 7.26. The van der Waals surface area contributed by atoms with Gasteiger partial charge in [0.2, 0.25) is 0 Å². The molecule has 0 saturated heterocycles. The number of halogens is 4. The van der Waals surface area contributed by atoms with Gasteiger partial charge < -0.3 is 0 Å². The molecule has 1 aliphatic carbocycles. The van der Waals surface area contributed by atoms with Crippen LogP contribution in [-0.4, -0.2) is 0 Å². The standard InChI is InChI=1S/C18H16Cl2.2ClH.Zr/c1-12-10-15-13(2)8-9-17(16(15)11-12)18(19,20)14-6-4-3-5-7-14;;;/h3-9,11H,10H2,1-2H3;2*1H;/q;;;+2/p-2. The van der Waals surface area contributed by atoms with E-state index in [9.17, 15) is 0 Å². The van der Waals surface area contributed by atoms with E-state index in [1.165, 1.54) is 22.3 Å². The van der Waals surface area contributed by atoms with Crippen LogP contribution in [0.5, 0.6) is 0 Å². The molecule has 0 saturated carbocycles. The SMILES string of the molecule is CC1=Cc2c(C(Cl)(Cl)c3ccccc3)ccc(C)c2C1.[Cl][Zr][Cl]. The summed E-state index contributed by atoms with van der Waals surface area (Å²) in [6.07, 6.45) is 3.20. The third-order valence-electron chi connectivity index (χ3n) is 3.91. The maximum absolute atomic E-state index is 6.71. The molecule has 0 amide bonds. The van der Waals surface area contributed by atoms with Gasteiger partial charge in [-0.15, -0.1) is 0 Å². The predicted molar refractivity (Wildman–Crippen MR) is 99.2 cm³/mol. The molecule has 0 fully saturated rings. The second kappa shape index (κ2) is 8.55. The van der Waals surface area contributed by atoms with Gasteiger partial charge in [0, 0.05) is 0 Å². The molecule has 1 aliphatic rings. The van der Waals surface area contributed by atoms with Gasteiger partial charge in [-0.25, -0.2) is 0 Å². The van der Waals surface area contributed by atoms with E-state index in [1.54, 1.807) is 0 Å². The number of allylic oxidation sites excluding steroid dienone is 1. The van der Waals surface area contributed by atoms with Crippen LogP contribution in [0.3, 0.4) is 0 Å². The fourth-order valence-corrected chi connectivity index (χ4v) is 3.41. The number of alkyl halides is 2. The first-order chi connectivity index (χ1) is 10.9. The molecule has 5 heteroatoms. The third-order valence-corrected chi connectivity index (χ3v) is 4.76. The second-order valence-corrected chi connectivity index (χ2v) is 10.6. The first kappa shape index (κ1) is 19.5. The molecule has 0 radical (unpaired) electrons. The Morgan fingerprint density at radius 1 is 0.957 bits per heavy atom. The number of hydrogen-bond acceptors (Lipinski definition) is 0. The zero-order valence-corrected chi connectivity index (χ0v) is 18.3. The van der Waals surface area contributed by atoms with Crippen LogP contribution in [0.1, 0.15) is 34.7 Å². The van der Waals surface area contributed by atoms with E-state index in [4.69, 9.17) is 40.2 Å². The van der Waals surface area contributed by atoms with Crippen molar-refractivity contribution >= 4 is 46.3 Å². The molecular formula is C18H16Cl4Zr. The number of benzene rings is 2. The van der Waals surface area contributed by atoms with Gasteiger partial charge in [0.1, 0.15) is 0 Å². The monoisotopic (exact) mass is 462 g/mol. The average molecular weight is 465 g/mol. The number of fused-ring (bicyclic) bond motifs is 1. The van der Waals surface area contributed by atoms with E-state index in [0.29, 0.717) is 0 Å². The molecule has 2 aromatic carbocycles.